The summed E-state index contributed by atoms with van der Waals surface area (Å²) in [5.74, 6) is -0.00354. The first-order valence-corrected chi connectivity index (χ1v) is 7.20. The summed E-state index contributed by atoms with van der Waals surface area (Å²) >= 11 is 7.45. The van der Waals surface area contributed by atoms with Crippen LogP contribution in [0.5, 0.6) is 5.75 Å². The van der Waals surface area contributed by atoms with Crippen LogP contribution in [-0.2, 0) is 0 Å². The third-order valence-corrected chi connectivity index (χ3v) is 4.02. The van der Waals surface area contributed by atoms with Crippen molar-refractivity contribution in [3.63, 3.8) is 0 Å². The first kappa shape index (κ1) is 17.1. The molecule has 21 heavy (non-hydrogen) atoms. The van der Waals surface area contributed by atoms with Crippen LogP contribution in [0.15, 0.2) is 47.5 Å². The molecule has 0 bridgehead atoms. The van der Waals surface area contributed by atoms with E-state index >= 15 is 0 Å². The molecule has 3 nitrogen and oxygen atoms in total. The van der Waals surface area contributed by atoms with Crippen molar-refractivity contribution in [3.05, 3.63) is 53.1 Å². The van der Waals surface area contributed by atoms with Gasteiger partial charge in [0, 0.05) is 10.7 Å². The number of halogens is 1. The summed E-state index contributed by atoms with van der Waals surface area (Å²) in [7, 11) is 0. The minimum absolute atomic E-state index is 0. The normalized spacial score (nSPS) is 11.4. The summed E-state index contributed by atoms with van der Waals surface area (Å²) in [4.78, 5) is 8.95. The van der Waals surface area contributed by atoms with Crippen LogP contribution in [0.4, 0.5) is 5.13 Å². The van der Waals surface area contributed by atoms with Crippen molar-refractivity contribution >= 4 is 44.0 Å². The zero-order valence-electron chi connectivity index (χ0n) is 11.6. The summed E-state index contributed by atoms with van der Waals surface area (Å²) in [5, 5.41) is 12.5. The van der Waals surface area contributed by atoms with Crippen LogP contribution in [0.3, 0.4) is 0 Å². The van der Waals surface area contributed by atoms with Gasteiger partial charge in [0.2, 0.25) is 5.13 Å². The third kappa shape index (κ3) is 4.13. The average Bonchev–Trinajstić information content (AvgIpc) is 2.80. The van der Waals surface area contributed by atoms with Crippen LogP contribution in [0.25, 0.3) is 10.2 Å². The van der Waals surface area contributed by atoms with Crippen LogP contribution in [-0.4, -0.2) is 10.7 Å². The summed E-state index contributed by atoms with van der Waals surface area (Å²) in [6.07, 6.45) is 0. The van der Waals surface area contributed by atoms with Crippen molar-refractivity contribution in [2.24, 2.45) is 4.99 Å². The molecule has 0 saturated heterocycles. The molecule has 0 aliphatic rings. The van der Waals surface area contributed by atoms with Gasteiger partial charge in [-0.25, -0.2) is 9.98 Å². The Balaban J connectivity index is 0.00000161. The quantitative estimate of drug-likeness (QED) is 0.519. The van der Waals surface area contributed by atoms with Crippen LogP contribution in [0.2, 0.25) is 5.02 Å². The second-order valence-corrected chi connectivity index (χ2v) is 5.78. The summed E-state index contributed by atoms with van der Waals surface area (Å²) in [6, 6.07) is 12.2. The van der Waals surface area contributed by atoms with Crippen molar-refractivity contribution in [1.29, 1.82) is 0 Å². The molecule has 0 atom stereocenters. The van der Waals surface area contributed by atoms with E-state index in [2.05, 4.69) is 9.98 Å². The third-order valence-electron chi connectivity index (χ3n) is 2.87. The molecule has 0 N–H and O–H groups in total. The molecular weight excluding hydrogens is 331 g/mol. The van der Waals surface area contributed by atoms with Crippen molar-refractivity contribution in [3.8, 4) is 5.75 Å². The molecular formula is C15H10ClKN2OS. The van der Waals surface area contributed by atoms with E-state index in [0.717, 1.165) is 21.5 Å². The van der Waals surface area contributed by atoms with Crippen LogP contribution in [0.1, 0.15) is 12.5 Å². The van der Waals surface area contributed by atoms with E-state index < -0.39 is 0 Å². The minimum Gasteiger partial charge on any atom is -0.872 e. The van der Waals surface area contributed by atoms with Gasteiger partial charge in [-0.2, -0.15) is 0 Å². The number of benzene rings is 2. The van der Waals surface area contributed by atoms with Gasteiger partial charge in [-0.15, -0.1) is 5.75 Å². The Kier molecular flexibility index (Phi) is 5.96. The van der Waals surface area contributed by atoms with Gasteiger partial charge in [-0.1, -0.05) is 47.2 Å². The predicted octanol–water partition coefficient (Wildman–Crippen LogP) is 1.17. The molecule has 3 rings (SSSR count). The minimum atomic E-state index is -0.00354. The smallest absolute Gasteiger partial charge is 0.872 e. The Morgan fingerprint density at radius 1 is 1.19 bits per heavy atom. The maximum absolute atomic E-state index is 11.1. The first-order chi connectivity index (χ1) is 9.61. The molecule has 0 amide bonds. The van der Waals surface area contributed by atoms with Crippen molar-refractivity contribution in [2.45, 2.75) is 6.92 Å². The largest absolute Gasteiger partial charge is 1.00 e. The van der Waals surface area contributed by atoms with Gasteiger partial charge in [0.25, 0.3) is 0 Å². The Labute approximate surface area is 174 Å². The monoisotopic (exact) mass is 340 g/mol. The van der Waals surface area contributed by atoms with Gasteiger partial charge in [-0.3, -0.25) is 0 Å². The predicted molar refractivity (Wildman–Crippen MR) is 82.4 cm³/mol. The number of hydrogen-bond acceptors (Lipinski definition) is 4. The zero-order valence-corrected chi connectivity index (χ0v) is 16.3. The van der Waals surface area contributed by atoms with E-state index in [0.29, 0.717) is 10.2 Å². The summed E-state index contributed by atoms with van der Waals surface area (Å²) in [6.45, 7) is 1.90. The molecule has 0 radical (unpaired) electrons. The molecule has 100 valence electrons. The SMILES string of the molecule is C/C(=N/c1nc2ccc(Cl)cc2s1)c1ccc([O-])cc1.[K+]. The van der Waals surface area contributed by atoms with Gasteiger partial charge < -0.3 is 5.11 Å². The average molecular weight is 341 g/mol. The fraction of sp³-hybridized carbons (Fsp3) is 0.0667. The second kappa shape index (κ2) is 7.33. The van der Waals surface area contributed by atoms with E-state index in [-0.39, 0.29) is 57.1 Å². The standard InChI is InChI=1S/C15H11ClN2OS.K/c1-9(10-2-5-12(19)6-3-10)17-15-18-13-7-4-11(16)8-14(13)20-15;/h2-8,19H,1H3;/q;+1/p-1/b17-9-;. The molecule has 6 heteroatoms. The number of thiazole rings is 1. The Morgan fingerprint density at radius 3 is 2.62 bits per heavy atom. The van der Waals surface area contributed by atoms with E-state index in [1.807, 2.05) is 25.1 Å². The zero-order chi connectivity index (χ0) is 14.1. The number of aliphatic imine (C=N–C) groups is 1. The molecule has 2 aromatic carbocycles. The fourth-order valence-corrected chi connectivity index (χ4v) is 3.00. The number of fused-ring (bicyclic) bond motifs is 1. The maximum Gasteiger partial charge on any atom is 1.00 e. The molecule has 1 aromatic heterocycles. The van der Waals surface area contributed by atoms with Gasteiger partial charge in [0.15, 0.2) is 0 Å². The molecule has 0 fully saturated rings. The van der Waals surface area contributed by atoms with E-state index in [4.69, 9.17) is 11.6 Å². The molecule has 0 saturated carbocycles. The topological polar surface area (TPSA) is 48.3 Å². The Morgan fingerprint density at radius 2 is 1.90 bits per heavy atom. The van der Waals surface area contributed by atoms with E-state index in [1.54, 1.807) is 12.1 Å². The van der Waals surface area contributed by atoms with Crippen LogP contribution in [0, 0.1) is 0 Å². The summed E-state index contributed by atoms with van der Waals surface area (Å²) in [5.41, 5.74) is 2.64. The van der Waals surface area contributed by atoms with Gasteiger partial charge in [-0.05, 0) is 30.7 Å². The molecule has 1 heterocycles. The van der Waals surface area contributed by atoms with Gasteiger partial charge in [0.05, 0.1) is 10.2 Å². The maximum atomic E-state index is 11.1. The molecule has 0 aliphatic carbocycles. The summed E-state index contributed by atoms with van der Waals surface area (Å²) < 4.78 is 1.01. The van der Waals surface area contributed by atoms with Gasteiger partial charge in [0.1, 0.15) is 0 Å². The van der Waals surface area contributed by atoms with Crippen molar-refractivity contribution in [1.82, 2.24) is 4.98 Å². The van der Waals surface area contributed by atoms with Crippen LogP contribution < -0.4 is 56.5 Å². The fourth-order valence-electron chi connectivity index (χ4n) is 1.84. The van der Waals surface area contributed by atoms with Crippen LogP contribution >= 0.6 is 22.9 Å². The molecule has 0 aliphatic heterocycles. The number of nitrogens with zero attached hydrogens (tertiary/aromatic N) is 2. The first-order valence-electron chi connectivity index (χ1n) is 6.01. The van der Waals surface area contributed by atoms with E-state index in [1.165, 1.54) is 23.5 Å². The van der Waals surface area contributed by atoms with Crippen molar-refractivity contribution in [2.75, 3.05) is 0 Å². The Bertz CT molecular complexity index is 799. The number of hydrogen-bond donors (Lipinski definition) is 0. The van der Waals surface area contributed by atoms with Gasteiger partial charge >= 0.3 is 51.4 Å². The number of aromatic nitrogens is 1. The van der Waals surface area contributed by atoms with E-state index in [9.17, 15) is 5.11 Å². The molecule has 0 unspecified atom stereocenters. The molecule has 3 aromatic rings. The second-order valence-electron chi connectivity index (χ2n) is 4.33. The molecule has 0 spiro atoms. The Hall–Kier alpha value is -0.274. The van der Waals surface area contributed by atoms with Crippen molar-refractivity contribution < 1.29 is 56.5 Å². The number of rotatable bonds is 2.